The summed E-state index contributed by atoms with van der Waals surface area (Å²) in [6.45, 7) is 3.50. The topological polar surface area (TPSA) is 61.2 Å². The molecule has 1 aromatic heterocycles. The molecule has 2 aromatic carbocycles. The maximum Gasteiger partial charge on any atom is 0.283 e. The van der Waals surface area contributed by atoms with Crippen LogP contribution in [-0.2, 0) is 10.0 Å². The Kier molecular flexibility index (Phi) is 3.41. The Bertz CT molecular complexity index is 959. The van der Waals surface area contributed by atoms with E-state index < -0.39 is 10.0 Å². The Labute approximate surface area is 129 Å². The van der Waals surface area contributed by atoms with Gasteiger partial charge in [0.05, 0.1) is 23.4 Å². The zero-order valence-electron chi connectivity index (χ0n) is 12.6. The van der Waals surface area contributed by atoms with E-state index >= 15 is 0 Å². The third-order valence-electron chi connectivity index (χ3n) is 3.51. The summed E-state index contributed by atoms with van der Waals surface area (Å²) in [5.41, 5.74) is 1.26. The average Bonchev–Trinajstić information content (AvgIpc) is 2.85. The molecule has 0 aliphatic carbocycles. The van der Waals surface area contributed by atoms with Crippen LogP contribution < -0.4 is 4.74 Å². The van der Waals surface area contributed by atoms with Crippen LogP contribution in [0.2, 0.25) is 0 Å². The summed E-state index contributed by atoms with van der Waals surface area (Å²) in [6.07, 6.45) is 0. The SMILES string of the molecule is COc1ccc2cc(S(=O)(=O)n3nc(C)cc3C)ccc2c1. The van der Waals surface area contributed by atoms with Crippen molar-refractivity contribution in [1.82, 2.24) is 9.19 Å². The molecule has 0 spiro atoms. The fraction of sp³-hybridized carbons (Fsp3) is 0.188. The summed E-state index contributed by atoms with van der Waals surface area (Å²) in [4.78, 5) is 0.219. The molecule has 0 aliphatic rings. The maximum atomic E-state index is 12.7. The van der Waals surface area contributed by atoms with Gasteiger partial charge in [-0.2, -0.15) is 17.6 Å². The standard InChI is InChI=1S/C16H16N2O3S/c1-11-8-12(2)18(17-11)22(19,20)16-7-5-13-9-15(21-3)6-4-14(13)10-16/h4-10H,1-3H3. The van der Waals surface area contributed by atoms with Crippen molar-refractivity contribution in [2.45, 2.75) is 18.7 Å². The summed E-state index contributed by atoms with van der Waals surface area (Å²) < 4.78 is 31.7. The number of aryl methyl sites for hydroxylation is 2. The highest BCUT2D eigenvalue weighted by atomic mass is 32.2. The van der Waals surface area contributed by atoms with Gasteiger partial charge in [-0.1, -0.05) is 12.1 Å². The summed E-state index contributed by atoms with van der Waals surface area (Å²) in [5, 5.41) is 5.83. The predicted octanol–water partition coefficient (Wildman–Crippen LogP) is 2.90. The number of hydrogen-bond donors (Lipinski definition) is 0. The quantitative estimate of drug-likeness (QED) is 0.745. The summed E-state index contributed by atoms with van der Waals surface area (Å²) >= 11 is 0. The van der Waals surface area contributed by atoms with Crippen LogP contribution in [0.5, 0.6) is 5.75 Å². The third-order valence-corrected chi connectivity index (χ3v) is 5.19. The second-order valence-electron chi connectivity index (χ2n) is 5.15. The van der Waals surface area contributed by atoms with E-state index in [9.17, 15) is 8.42 Å². The molecule has 0 saturated heterocycles. The number of rotatable bonds is 3. The molecule has 5 nitrogen and oxygen atoms in total. The Morgan fingerprint density at radius 3 is 2.32 bits per heavy atom. The number of methoxy groups -OCH3 is 1. The molecular weight excluding hydrogens is 300 g/mol. The van der Waals surface area contributed by atoms with Crippen LogP contribution in [0.1, 0.15) is 11.4 Å². The Hall–Kier alpha value is -2.34. The summed E-state index contributed by atoms with van der Waals surface area (Å²) in [6, 6.07) is 12.3. The number of benzene rings is 2. The van der Waals surface area contributed by atoms with Gasteiger partial charge >= 0.3 is 0 Å². The van der Waals surface area contributed by atoms with Gasteiger partial charge in [0.25, 0.3) is 10.0 Å². The first-order valence-corrected chi connectivity index (χ1v) is 8.22. The van der Waals surface area contributed by atoms with Crippen LogP contribution in [0.15, 0.2) is 47.4 Å². The van der Waals surface area contributed by atoms with E-state index in [2.05, 4.69) is 5.10 Å². The molecule has 0 bridgehead atoms. The third kappa shape index (κ3) is 2.35. The summed E-state index contributed by atoms with van der Waals surface area (Å²) in [5.74, 6) is 0.738. The molecule has 0 aliphatic heterocycles. The molecule has 114 valence electrons. The minimum Gasteiger partial charge on any atom is -0.497 e. The zero-order chi connectivity index (χ0) is 15.9. The first kappa shape index (κ1) is 14.6. The lowest BCUT2D eigenvalue weighted by Crippen LogP contribution is -2.16. The molecule has 1 heterocycles. The van der Waals surface area contributed by atoms with Gasteiger partial charge in [-0.05, 0) is 55.0 Å². The van der Waals surface area contributed by atoms with Gasteiger partial charge in [-0.15, -0.1) is 0 Å². The van der Waals surface area contributed by atoms with E-state index in [1.807, 2.05) is 18.2 Å². The minimum absolute atomic E-state index is 0.219. The number of nitrogens with zero attached hydrogens (tertiary/aromatic N) is 2. The van der Waals surface area contributed by atoms with E-state index in [0.29, 0.717) is 11.4 Å². The molecule has 3 rings (SSSR count). The highest BCUT2D eigenvalue weighted by Gasteiger charge is 2.20. The average molecular weight is 316 g/mol. The van der Waals surface area contributed by atoms with Crippen molar-refractivity contribution in [1.29, 1.82) is 0 Å². The first-order chi connectivity index (χ1) is 10.4. The number of aromatic nitrogens is 2. The maximum absolute atomic E-state index is 12.7. The van der Waals surface area contributed by atoms with Crippen LogP contribution in [0, 0.1) is 13.8 Å². The second-order valence-corrected chi connectivity index (χ2v) is 6.92. The molecule has 0 saturated carbocycles. The fourth-order valence-corrected chi connectivity index (χ4v) is 3.82. The Balaban J connectivity index is 2.15. The lowest BCUT2D eigenvalue weighted by atomic mass is 10.1. The highest BCUT2D eigenvalue weighted by Crippen LogP contribution is 2.25. The molecule has 0 N–H and O–H groups in total. The number of ether oxygens (including phenoxy) is 1. The van der Waals surface area contributed by atoms with Crippen molar-refractivity contribution in [3.8, 4) is 5.75 Å². The van der Waals surface area contributed by atoms with E-state index in [-0.39, 0.29) is 4.90 Å². The molecule has 0 radical (unpaired) electrons. The van der Waals surface area contributed by atoms with E-state index in [1.165, 1.54) is 0 Å². The highest BCUT2D eigenvalue weighted by molar-refractivity contribution is 7.89. The normalized spacial score (nSPS) is 11.8. The lowest BCUT2D eigenvalue weighted by molar-refractivity contribution is 0.415. The minimum atomic E-state index is -3.68. The van der Waals surface area contributed by atoms with Crippen molar-refractivity contribution in [3.63, 3.8) is 0 Å². The number of fused-ring (bicyclic) bond motifs is 1. The first-order valence-electron chi connectivity index (χ1n) is 6.78. The van der Waals surface area contributed by atoms with E-state index in [1.54, 1.807) is 45.2 Å². The van der Waals surface area contributed by atoms with Crippen LogP contribution in [0.25, 0.3) is 10.8 Å². The van der Waals surface area contributed by atoms with Crippen molar-refractivity contribution >= 4 is 20.8 Å². The van der Waals surface area contributed by atoms with Crippen LogP contribution in [0.4, 0.5) is 0 Å². The van der Waals surface area contributed by atoms with Gasteiger partial charge in [0.15, 0.2) is 0 Å². The van der Waals surface area contributed by atoms with Gasteiger partial charge in [0.2, 0.25) is 0 Å². The van der Waals surface area contributed by atoms with Gasteiger partial charge in [0.1, 0.15) is 5.75 Å². The number of hydrogen-bond acceptors (Lipinski definition) is 4. The van der Waals surface area contributed by atoms with Crippen LogP contribution in [-0.4, -0.2) is 24.7 Å². The molecule has 6 heteroatoms. The van der Waals surface area contributed by atoms with Crippen LogP contribution >= 0.6 is 0 Å². The van der Waals surface area contributed by atoms with Gasteiger partial charge in [-0.3, -0.25) is 0 Å². The molecule has 0 fully saturated rings. The van der Waals surface area contributed by atoms with Crippen molar-refractivity contribution in [2.24, 2.45) is 0 Å². The molecule has 3 aromatic rings. The van der Waals surface area contributed by atoms with Crippen LogP contribution in [0.3, 0.4) is 0 Å². The Morgan fingerprint density at radius 2 is 1.68 bits per heavy atom. The lowest BCUT2D eigenvalue weighted by Gasteiger charge is -2.08. The fourth-order valence-electron chi connectivity index (χ4n) is 2.44. The smallest absolute Gasteiger partial charge is 0.283 e. The van der Waals surface area contributed by atoms with Crippen molar-refractivity contribution in [3.05, 3.63) is 53.9 Å². The molecule has 0 unspecified atom stereocenters. The molecular formula is C16H16N2O3S. The van der Waals surface area contributed by atoms with Crippen molar-refractivity contribution in [2.75, 3.05) is 7.11 Å². The van der Waals surface area contributed by atoms with Gasteiger partial charge in [0, 0.05) is 0 Å². The Morgan fingerprint density at radius 1 is 1.00 bits per heavy atom. The van der Waals surface area contributed by atoms with E-state index in [0.717, 1.165) is 20.6 Å². The second kappa shape index (κ2) is 5.14. The largest absolute Gasteiger partial charge is 0.497 e. The summed E-state index contributed by atoms with van der Waals surface area (Å²) in [7, 11) is -2.08. The molecule has 0 amide bonds. The van der Waals surface area contributed by atoms with E-state index in [4.69, 9.17) is 4.74 Å². The van der Waals surface area contributed by atoms with Gasteiger partial charge in [-0.25, -0.2) is 0 Å². The van der Waals surface area contributed by atoms with Crippen molar-refractivity contribution < 1.29 is 13.2 Å². The molecule has 0 atom stereocenters. The predicted molar refractivity (Wildman–Crippen MR) is 84.8 cm³/mol. The zero-order valence-corrected chi connectivity index (χ0v) is 13.4. The monoisotopic (exact) mass is 316 g/mol. The molecule has 22 heavy (non-hydrogen) atoms. The van der Waals surface area contributed by atoms with Gasteiger partial charge < -0.3 is 4.74 Å².